The lowest BCUT2D eigenvalue weighted by molar-refractivity contribution is 0.0689. The first-order valence-electron chi connectivity index (χ1n) is 5.14. The predicted molar refractivity (Wildman–Crippen MR) is 64.4 cm³/mol. The van der Waals surface area contributed by atoms with E-state index >= 15 is 0 Å². The second kappa shape index (κ2) is 4.22. The lowest BCUT2D eigenvalue weighted by atomic mass is 10.2. The van der Waals surface area contributed by atoms with Crippen LogP contribution in [-0.2, 0) is 0 Å². The van der Waals surface area contributed by atoms with Crippen LogP contribution in [0.5, 0.6) is 0 Å². The van der Waals surface area contributed by atoms with Gasteiger partial charge >= 0.3 is 5.97 Å². The van der Waals surface area contributed by atoms with E-state index in [0.29, 0.717) is 5.69 Å². The molecule has 0 spiro atoms. The molecule has 0 saturated carbocycles. The number of benzene rings is 1. The van der Waals surface area contributed by atoms with Gasteiger partial charge in [0.2, 0.25) is 0 Å². The van der Waals surface area contributed by atoms with E-state index in [-0.39, 0.29) is 17.1 Å². The molecule has 3 N–H and O–H groups in total. The molecule has 18 heavy (non-hydrogen) atoms. The molecule has 1 aromatic carbocycles. The van der Waals surface area contributed by atoms with Gasteiger partial charge in [0.1, 0.15) is 17.5 Å². The van der Waals surface area contributed by atoms with Crippen LogP contribution < -0.4 is 5.73 Å². The summed E-state index contributed by atoms with van der Waals surface area (Å²) in [6, 6.07) is 9.01. The molecule has 1 aromatic heterocycles. The predicted octanol–water partition coefficient (Wildman–Crippen LogP) is 1.33. The van der Waals surface area contributed by atoms with E-state index in [1.54, 1.807) is 18.2 Å². The number of nitrogens with zero attached hydrogens (tertiary/aromatic N) is 3. The molecule has 6 heteroatoms. The number of para-hydroxylation sites is 1. The minimum Gasteiger partial charge on any atom is -0.476 e. The molecule has 0 aliphatic carbocycles. The second-order valence-electron chi connectivity index (χ2n) is 3.72. The Labute approximate surface area is 103 Å². The van der Waals surface area contributed by atoms with Crippen molar-refractivity contribution in [3.8, 4) is 11.8 Å². The lowest BCUT2D eigenvalue weighted by Crippen LogP contribution is -2.04. The van der Waals surface area contributed by atoms with Crippen LogP contribution in [0.1, 0.15) is 21.6 Å². The largest absolute Gasteiger partial charge is 0.476 e. The van der Waals surface area contributed by atoms with E-state index < -0.39 is 5.97 Å². The molecular formula is C12H10N4O2. The van der Waals surface area contributed by atoms with Crippen LogP contribution >= 0.6 is 0 Å². The van der Waals surface area contributed by atoms with Crippen molar-refractivity contribution in [2.45, 2.75) is 6.92 Å². The van der Waals surface area contributed by atoms with Crippen molar-refractivity contribution in [2.24, 2.45) is 0 Å². The normalized spacial score (nSPS) is 10.0. The molecule has 90 valence electrons. The van der Waals surface area contributed by atoms with Gasteiger partial charge in [-0.2, -0.15) is 10.4 Å². The Morgan fingerprint density at radius 2 is 2.17 bits per heavy atom. The van der Waals surface area contributed by atoms with Gasteiger partial charge in [-0.15, -0.1) is 0 Å². The SMILES string of the molecule is Cc1ccccc1-n1nc(C(=O)O)c(C#N)c1N. The molecule has 0 atom stereocenters. The van der Waals surface area contributed by atoms with Crippen molar-refractivity contribution in [3.63, 3.8) is 0 Å². The van der Waals surface area contributed by atoms with Crippen LogP contribution in [0.2, 0.25) is 0 Å². The van der Waals surface area contributed by atoms with E-state index in [0.717, 1.165) is 5.56 Å². The van der Waals surface area contributed by atoms with Crippen LogP contribution in [0.3, 0.4) is 0 Å². The van der Waals surface area contributed by atoms with Gasteiger partial charge in [0.25, 0.3) is 0 Å². The number of nitrogen functional groups attached to an aromatic ring is 1. The summed E-state index contributed by atoms with van der Waals surface area (Å²) in [7, 11) is 0. The summed E-state index contributed by atoms with van der Waals surface area (Å²) in [5.74, 6) is -1.24. The zero-order chi connectivity index (χ0) is 13.3. The summed E-state index contributed by atoms with van der Waals surface area (Å²) in [6.07, 6.45) is 0. The van der Waals surface area contributed by atoms with Crippen molar-refractivity contribution >= 4 is 11.8 Å². The molecule has 2 aromatic rings. The molecule has 2 rings (SSSR count). The Morgan fingerprint density at radius 1 is 1.50 bits per heavy atom. The summed E-state index contributed by atoms with van der Waals surface area (Å²) in [5, 5.41) is 21.8. The van der Waals surface area contributed by atoms with E-state index in [9.17, 15) is 4.79 Å². The molecule has 0 amide bonds. The van der Waals surface area contributed by atoms with Gasteiger partial charge < -0.3 is 10.8 Å². The van der Waals surface area contributed by atoms with E-state index in [1.165, 1.54) is 4.68 Å². The molecule has 0 aliphatic rings. The molecule has 0 aliphatic heterocycles. The molecule has 6 nitrogen and oxygen atoms in total. The third-order valence-corrected chi connectivity index (χ3v) is 2.58. The molecule has 0 radical (unpaired) electrons. The zero-order valence-electron chi connectivity index (χ0n) is 9.58. The highest BCUT2D eigenvalue weighted by Crippen LogP contribution is 2.22. The Balaban J connectivity index is 2.72. The van der Waals surface area contributed by atoms with Crippen molar-refractivity contribution in [1.29, 1.82) is 5.26 Å². The number of hydrogen-bond donors (Lipinski definition) is 2. The van der Waals surface area contributed by atoms with Crippen molar-refractivity contribution in [1.82, 2.24) is 9.78 Å². The number of carbonyl (C=O) groups is 1. The Bertz CT molecular complexity index is 667. The van der Waals surface area contributed by atoms with Crippen LogP contribution in [0, 0.1) is 18.3 Å². The second-order valence-corrected chi connectivity index (χ2v) is 3.72. The summed E-state index contributed by atoms with van der Waals surface area (Å²) in [4.78, 5) is 11.0. The summed E-state index contributed by atoms with van der Waals surface area (Å²) >= 11 is 0. The van der Waals surface area contributed by atoms with E-state index in [2.05, 4.69) is 5.10 Å². The fourth-order valence-electron chi connectivity index (χ4n) is 1.68. The van der Waals surface area contributed by atoms with E-state index in [1.807, 2.05) is 19.1 Å². The maximum Gasteiger partial charge on any atom is 0.357 e. The Kier molecular flexibility index (Phi) is 2.73. The maximum atomic E-state index is 11.0. The number of nitrogens with two attached hydrogens (primary N) is 1. The van der Waals surface area contributed by atoms with Crippen molar-refractivity contribution in [3.05, 3.63) is 41.1 Å². The van der Waals surface area contributed by atoms with Gasteiger partial charge in [-0.1, -0.05) is 18.2 Å². The van der Waals surface area contributed by atoms with Crippen LogP contribution in [0.4, 0.5) is 5.82 Å². The Hall–Kier alpha value is -2.81. The first-order valence-corrected chi connectivity index (χ1v) is 5.14. The summed E-state index contributed by atoms with van der Waals surface area (Å²) in [6.45, 7) is 1.85. The fraction of sp³-hybridized carbons (Fsp3) is 0.0833. The fourth-order valence-corrected chi connectivity index (χ4v) is 1.68. The molecule has 0 fully saturated rings. The quantitative estimate of drug-likeness (QED) is 0.826. The van der Waals surface area contributed by atoms with Crippen molar-refractivity contribution in [2.75, 3.05) is 5.73 Å². The van der Waals surface area contributed by atoms with Crippen LogP contribution in [0.15, 0.2) is 24.3 Å². The first kappa shape index (κ1) is 11.7. The average Bonchev–Trinajstić information content (AvgIpc) is 2.67. The van der Waals surface area contributed by atoms with Gasteiger partial charge in [0.15, 0.2) is 5.69 Å². The first-order chi connectivity index (χ1) is 8.56. The topological polar surface area (TPSA) is 105 Å². The third kappa shape index (κ3) is 1.68. The lowest BCUT2D eigenvalue weighted by Gasteiger charge is -2.06. The smallest absolute Gasteiger partial charge is 0.357 e. The zero-order valence-corrected chi connectivity index (χ0v) is 9.58. The molecule has 0 bridgehead atoms. The number of hydrogen-bond acceptors (Lipinski definition) is 4. The minimum atomic E-state index is -1.27. The van der Waals surface area contributed by atoms with E-state index in [4.69, 9.17) is 16.1 Å². The van der Waals surface area contributed by atoms with Gasteiger partial charge in [-0.05, 0) is 18.6 Å². The van der Waals surface area contributed by atoms with Crippen molar-refractivity contribution < 1.29 is 9.90 Å². The standard InChI is InChI=1S/C12H10N4O2/c1-7-4-2-3-5-9(7)16-11(14)8(6-13)10(15-16)12(17)18/h2-5H,14H2,1H3,(H,17,18). The number of aromatic carboxylic acids is 1. The maximum absolute atomic E-state index is 11.0. The monoisotopic (exact) mass is 242 g/mol. The minimum absolute atomic E-state index is 0.0317. The third-order valence-electron chi connectivity index (χ3n) is 2.58. The van der Waals surface area contributed by atoms with Gasteiger partial charge in [0, 0.05) is 0 Å². The van der Waals surface area contributed by atoms with Crippen LogP contribution in [0.25, 0.3) is 5.69 Å². The number of carboxylic acid groups (broad SMARTS) is 1. The molecular weight excluding hydrogens is 232 g/mol. The highest BCUT2D eigenvalue weighted by atomic mass is 16.4. The number of anilines is 1. The Morgan fingerprint density at radius 3 is 2.67 bits per heavy atom. The highest BCUT2D eigenvalue weighted by molar-refractivity contribution is 5.90. The number of aromatic nitrogens is 2. The molecule has 1 heterocycles. The number of aryl methyl sites for hydroxylation is 1. The number of nitriles is 1. The number of carboxylic acids is 1. The summed E-state index contributed by atoms with van der Waals surface area (Å²) < 4.78 is 1.28. The average molecular weight is 242 g/mol. The van der Waals surface area contributed by atoms with Gasteiger partial charge in [-0.25, -0.2) is 9.48 Å². The molecule has 0 saturated heterocycles. The number of rotatable bonds is 2. The van der Waals surface area contributed by atoms with Gasteiger partial charge in [0.05, 0.1) is 5.69 Å². The van der Waals surface area contributed by atoms with Gasteiger partial charge in [-0.3, -0.25) is 0 Å². The van der Waals surface area contributed by atoms with Crippen LogP contribution in [-0.4, -0.2) is 20.9 Å². The molecule has 0 unspecified atom stereocenters. The highest BCUT2D eigenvalue weighted by Gasteiger charge is 2.21. The summed E-state index contributed by atoms with van der Waals surface area (Å²) in [5.41, 5.74) is 6.85.